The quantitative estimate of drug-likeness (QED) is 0.0360. The van der Waals surface area contributed by atoms with Gasteiger partial charge in [-0.15, -0.1) is 0 Å². The zero-order valence-corrected chi connectivity index (χ0v) is 48.2. The van der Waals surface area contributed by atoms with Gasteiger partial charge in [-0.1, -0.05) is 79.1 Å². The number of benzene rings is 6. The van der Waals surface area contributed by atoms with Crippen LogP contribution in [0, 0.1) is 0 Å². The van der Waals surface area contributed by atoms with Crippen molar-refractivity contribution in [3.63, 3.8) is 0 Å². The van der Waals surface area contributed by atoms with Crippen LogP contribution in [0.2, 0.25) is 14.8 Å². The summed E-state index contributed by atoms with van der Waals surface area (Å²) in [6, 6.07) is 52.0. The van der Waals surface area contributed by atoms with Crippen LogP contribution in [0.4, 0.5) is 17.1 Å². The molecule has 3 nitrogen and oxygen atoms in total. The van der Waals surface area contributed by atoms with E-state index in [1.165, 1.54) is 150 Å². The summed E-state index contributed by atoms with van der Waals surface area (Å²) in [5.74, 6) is 1.84. The summed E-state index contributed by atoms with van der Waals surface area (Å²) in [6.07, 6.45) is 21.9. The molecule has 1 heterocycles. The summed E-state index contributed by atoms with van der Waals surface area (Å²) in [5.41, 5.74) is 12.7. The van der Waals surface area contributed by atoms with E-state index in [1.54, 1.807) is 2.89 Å². The number of anilines is 3. The zero-order chi connectivity index (χ0) is 49.6. The number of thiophene rings is 1. The van der Waals surface area contributed by atoms with E-state index in [-0.39, 0.29) is 0 Å². The first-order chi connectivity index (χ1) is 34.7. The maximum absolute atomic E-state index is 6.34. The zero-order valence-electron chi connectivity index (χ0n) is 44.5. The van der Waals surface area contributed by atoms with Gasteiger partial charge < -0.3 is 9.47 Å². The number of ether oxygens (including phenoxy) is 2. The van der Waals surface area contributed by atoms with Crippen molar-refractivity contribution in [1.82, 2.24) is 0 Å². The van der Waals surface area contributed by atoms with Gasteiger partial charge in [-0.2, -0.15) is 0 Å². The Morgan fingerprint density at radius 1 is 0.465 bits per heavy atom. The molecular weight excluding hydrogens is 990 g/mol. The third kappa shape index (κ3) is 12.3. The maximum atomic E-state index is 6.34. The molecular formula is C66H83NO2SSn. The molecule has 0 saturated carbocycles. The Morgan fingerprint density at radius 2 is 0.915 bits per heavy atom. The summed E-state index contributed by atoms with van der Waals surface area (Å²) < 4.78 is 14.3. The van der Waals surface area contributed by atoms with Crippen LogP contribution >= 0.6 is 11.3 Å². The van der Waals surface area contributed by atoms with Crippen molar-refractivity contribution in [1.29, 1.82) is 0 Å². The van der Waals surface area contributed by atoms with Crippen molar-refractivity contribution >= 4 is 60.4 Å². The molecule has 0 spiro atoms. The average molecular weight is 1070 g/mol. The van der Waals surface area contributed by atoms with Crippen LogP contribution in [-0.2, 0) is 18.3 Å². The van der Waals surface area contributed by atoms with Crippen LogP contribution in [0.1, 0.15) is 164 Å². The minimum absolute atomic E-state index is 0.520. The predicted molar refractivity (Wildman–Crippen MR) is 312 cm³/mol. The van der Waals surface area contributed by atoms with Crippen molar-refractivity contribution in [2.45, 2.75) is 164 Å². The summed E-state index contributed by atoms with van der Waals surface area (Å²) in [5, 5.41) is 2.56. The van der Waals surface area contributed by atoms with Crippen LogP contribution in [0.25, 0.3) is 21.2 Å². The molecule has 0 fully saturated rings. The van der Waals surface area contributed by atoms with E-state index in [0.717, 1.165) is 61.8 Å². The second-order valence-corrected chi connectivity index (χ2v) is 37.8. The molecule has 0 unspecified atom stereocenters. The Morgan fingerprint density at radius 3 is 1.37 bits per heavy atom. The number of aryl methyl sites for hydroxylation is 2. The summed E-state index contributed by atoms with van der Waals surface area (Å²) in [6.45, 7) is 10.6. The third-order valence-corrected chi connectivity index (χ3v) is 25.5. The van der Waals surface area contributed by atoms with Crippen molar-refractivity contribution in [3.8, 4) is 21.9 Å². The fourth-order valence-corrected chi connectivity index (χ4v) is 17.3. The molecule has 5 heteroatoms. The van der Waals surface area contributed by atoms with Gasteiger partial charge >= 0.3 is 326 Å². The number of unbranched alkanes of at least 4 members (excludes halogenated alkanes) is 12. The molecule has 0 bridgehead atoms. The molecule has 1 aliphatic carbocycles. The molecule has 1 aromatic heterocycles. The normalized spacial score (nSPS) is 12.8. The molecule has 0 aliphatic heterocycles. The van der Waals surface area contributed by atoms with Crippen molar-refractivity contribution in [3.05, 3.63) is 167 Å². The van der Waals surface area contributed by atoms with Gasteiger partial charge in [0.1, 0.15) is 0 Å². The van der Waals surface area contributed by atoms with Crippen LogP contribution < -0.4 is 17.3 Å². The Labute approximate surface area is 437 Å². The Bertz CT molecular complexity index is 2620. The Kier molecular flexibility index (Phi) is 18.9. The van der Waals surface area contributed by atoms with Gasteiger partial charge in [-0.25, -0.2) is 0 Å². The fourth-order valence-electron chi connectivity index (χ4n) is 10.8. The number of fused-ring (bicyclic) bond motifs is 5. The van der Waals surface area contributed by atoms with Gasteiger partial charge in [0.05, 0.1) is 13.2 Å². The van der Waals surface area contributed by atoms with Gasteiger partial charge in [0.15, 0.2) is 0 Å². The van der Waals surface area contributed by atoms with E-state index in [0.29, 0.717) is 0 Å². The number of nitrogens with zero attached hydrogens (tertiary/aromatic N) is 1. The van der Waals surface area contributed by atoms with Crippen molar-refractivity contribution < 1.29 is 9.47 Å². The molecule has 6 aromatic carbocycles. The van der Waals surface area contributed by atoms with Gasteiger partial charge in [-0.05, 0) is 12.8 Å². The monoisotopic (exact) mass is 1070 g/mol. The van der Waals surface area contributed by atoms with Gasteiger partial charge in [-0.3, -0.25) is 0 Å². The van der Waals surface area contributed by atoms with Gasteiger partial charge in [0.2, 0.25) is 0 Å². The van der Waals surface area contributed by atoms with E-state index >= 15 is 0 Å². The number of rotatable bonds is 28. The summed E-state index contributed by atoms with van der Waals surface area (Å²) in [4.78, 5) is 11.7. The van der Waals surface area contributed by atoms with Crippen LogP contribution in [-0.4, -0.2) is 31.6 Å². The first-order valence-electron chi connectivity index (χ1n) is 27.9. The Balaban J connectivity index is 1.34. The third-order valence-electron chi connectivity index (χ3n) is 14.9. The van der Waals surface area contributed by atoms with E-state index in [2.05, 4.69) is 192 Å². The topological polar surface area (TPSA) is 21.7 Å². The standard InChI is InChI=1S/C63H74NO2S.3CH3.Sn/c1-5-9-13-17-23-48-27-31-50(32-28-48)63(51-33-29-49(30-34-51)24-18-14-10-6-2)58-43-46-67-62(58)61-57-26-20-19-25-56(57)60(47-59(61)63)64(52-35-39-54(40-36-52)65-44-21-15-11-7-3)53-37-41-55(42-38-53)66-45-22-16-12-8-4;;;;/h19-20,25-43,47H,5-18,21-24,44-45H2,1-4H3;3*1H3;. The van der Waals surface area contributed by atoms with Gasteiger partial charge in [0, 0.05) is 0 Å². The average Bonchev–Trinajstić information content (AvgIpc) is 3.95. The summed E-state index contributed by atoms with van der Waals surface area (Å²) in [7, 11) is 0. The van der Waals surface area contributed by atoms with Crippen LogP contribution in [0.3, 0.4) is 0 Å². The second kappa shape index (κ2) is 25.4. The van der Waals surface area contributed by atoms with Crippen molar-refractivity contribution in [2.24, 2.45) is 0 Å². The van der Waals surface area contributed by atoms with E-state index < -0.39 is 23.8 Å². The fraction of sp³-hybridized carbons (Fsp3) is 0.424. The van der Waals surface area contributed by atoms with Crippen LogP contribution in [0.15, 0.2) is 133 Å². The minimum atomic E-state index is -2.58. The second-order valence-electron chi connectivity index (χ2n) is 21.4. The molecule has 0 N–H and O–H groups in total. The van der Waals surface area contributed by atoms with E-state index in [9.17, 15) is 0 Å². The molecule has 7 aromatic rings. The molecule has 0 amide bonds. The van der Waals surface area contributed by atoms with E-state index in [4.69, 9.17) is 9.47 Å². The van der Waals surface area contributed by atoms with Crippen LogP contribution in [0.5, 0.6) is 11.5 Å². The summed E-state index contributed by atoms with van der Waals surface area (Å²) >= 11 is -0.480. The molecule has 374 valence electrons. The number of hydrogen-bond acceptors (Lipinski definition) is 4. The number of hydrogen-bond donors (Lipinski definition) is 0. The molecule has 71 heavy (non-hydrogen) atoms. The first-order valence-corrected chi connectivity index (χ1v) is 38.7. The molecule has 0 saturated heterocycles. The predicted octanol–water partition coefficient (Wildman–Crippen LogP) is 19.4. The van der Waals surface area contributed by atoms with Crippen molar-refractivity contribution in [2.75, 3.05) is 18.1 Å². The van der Waals surface area contributed by atoms with E-state index in [1.807, 2.05) is 0 Å². The molecule has 0 atom stereocenters. The molecule has 1 aliphatic rings. The Hall–Kier alpha value is -4.52. The molecule has 0 radical (unpaired) electrons. The SMILES string of the molecule is CCCCCCOc1ccc(N(c2ccc(OCCCCCC)cc2)c2cc3c(c4ccccc24)-c2s[c]([Sn]([CH3])([CH3])[CH3])cc2C3(c2ccc(CCCCCC)cc2)c2ccc(CCCCCC)cc2)cc1. The molecule has 8 rings (SSSR count). The van der Waals surface area contributed by atoms with Gasteiger partial charge in [0.25, 0.3) is 0 Å². The first kappa shape index (κ1) is 52.8.